The summed E-state index contributed by atoms with van der Waals surface area (Å²) in [7, 11) is 0. The van der Waals surface area contributed by atoms with E-state index in [4.69, 9.17) is 11.6 Å². The van der Waals surface area contributed by atoms with Crippen molar-refractivity contribution in [2.24, 2.45) is 5.41 Å². The maximum atomic E-state index is 12.4. The van der Waals surface area contributed by atoms with Crippen LogP contribution in [0.2, 0.25) is 5.02 Å². The maximum Gasteiger partial charge on any atom is 0.253 e. The van der Waals surface area contributed by atoms with Crippen LogP contribution in [-0.2, 0) is 4.79 Å². The maximum absolute atomic E-state index is 12.4. The summed E-state index contributed by atoms with van der Waals surface area (Å²) in [5.41, 5.74) is 0.541. The van der Waals surface area contributed by atoms with Gasteiger partial charge in [0.1, 0.15) is 6.04 Å². The SMILES string of the molecule is CSCCC(NC(=O)c1ccccc1Cl)C(=O)NCCC(C)(C)C. The molecule has 6 heteroatoms. The van der Waals surface area contributed by atoms with Crippen molar-refractivity contribution in [3.8, 4) is 0 Å². The highest BCUT2D eigenvalue weighted by Gasteiger charge is 2.22. The molecule has 2 amide bonds. The van der Waals surface area contributed by atoms with Crippen LogP contribution in [0.1, 0.15) is 44.0 Å². The van der Waals surface area contributed by atoms with Crippen LogP contribution in [-0.4, -0.2) is 36.4 Å². The second-order valence-electron chi connectivity index (χ2n) is 6.89. The third kappa shape index (κ3) is 7.58. The molecule has 1 atom stereocenters. The zero-order chi connectivity index (χ0) is 18.2. The van der Waals surface area contributed by atoms with Gasteiger partial charge in [-0.1, -0.05) is 44.5 Å². The van der Waals surface area contributed by atoms with Crippen LogP contribution >= 0.6 is 23.4 Å². The van der Waals surface area contributed by atoms with Crippen molar-refractivity contribution in [2.45, 2.75) is 39.7 Å². The molecule has 0 aliphatic carbocycles. The van der Waals surface area contributed by atoms with E-state index in [0.29, 0.717) is 23.6 Å². The van der Waals surface area contributed by atoms with Crippen molar-refractivity contribution >= 4 is 35.2 Å². The van der Waals surface area contributed by atoms with E-state index in [-0.39, 0.29) is 17.2 Å². The minimum atomic E-state index is -0.554. The normalized spacial score (nSPS) is 12.5. The number of hydrogen-bond acceptors (Lipinski definition) is 3. The van der Waals surface area contributed by atoms with Gasteiger partial charge in [-0.2, -0.15) is 11.8 Å². The first-order valence-corrected chi connectivity index (χ1v) is 9.84. The zero-order valence-corrected chi connectivity index (χ0v) is 16.4. The summed E-state index contributed by atoms with van der Waals surface area (Å²) in [6.07, 6.45) is 3.44. The fourth-order valence-corrected chi connectivity index (χ4v) is 2.76. The van der Waals surface area contributed by atoms with Gasteiger partial charge in [-0.25, -0.2) is 0 Å². The first kappa shape index (κ1) is 20.8. The molecule has 1 aromatic rings. The highest BCUT2D eigenvalue weighted by molar-refractivity contribution is 7.98. The molecule has 2 N–H and O–H groups in total. The third-order valence-corrected chi connectivity index (χ3v) is 4.50. The van der Waals surface area contributed by atoms with Gasteiger partial charge in [0.25, 0.3) is 5.91 Å². The Kier molecular flexibility index (Phi) is 8.63. The van der Waals surface area contributed by atoms with Gasteiger partial charge in [0.05, 0.1) is 10.6 Å². The number of thioether (sulfide) groups is 1. The van der Waals surface area contributed by atoms with Gasteiger partial charge in [0, 0.05) is 6.54 Å². The van der Waals surface area contributed by atoms with Crippen LogP contribution in [0.5, 0.6) is 0 Å². The number of halogens is 1. The first-order chi connectivity index (χ1) is 11.2. The Morgan fingerprint density at radius 2 is 1.92 bits per heavy atom. The molecule has 0 fully saturated rings. The number of hydrogen-bond donors (Lipinski definition) is 2. The summed E-state index contributed by atoms with van der Waals surface area (Å²) in [5, 5.41) is 6.11. The van der Waals surface area contributed by atoms with E-state index in [1.165, 1.54) is 0 Å². The fourth-order valence-electron chi connectivity index (χ4n) is 2.07. The lowest BCUT2D eigenvalue weighted by molar-refractivity contribution is -0.123. The van der Waals surface area contributed by atoms with Gasteiger partial charge < -0.3 is 10.6 Å². The van der Waals surface area contributed by atoms with Gasteiger partial charge in [-0.15, -0.1) is 0 Å². The van der Waals surface area contributed by atoms with Crippen molar-refractivity contribution in [1.82, 2.24) is 10.6 Å². The molecule has 0 radical (unpaired) electrons. The van der Waals surface area contributed by atoms with Gasteiger partial charge in [0.2, 0.25) is 5.91 Å². The second-order valence-corrected chi connectivity index (χ2v) is 8.28. The lowest BCUT2D eigenvalue weighted by atomic mass is 9.92. The van der Waals surface area contributed by atoms with Crippen LogP contribution < -0.4 is 10.6 Å². The molecule has 4 nitrogen and oxygen atoms in total. The Morgan fingerprint density at radius 3 is 2.50 bits per heavy atom. The Morgan fingerprint density at radius 1 is 1.25 bits per heavy atom. The Labute approximate surface area is 154 Å². The van der Waals surface area contributed by atoms with E-state index in [2.05, 4.69) is 31.4 Å². The van der Waals surface area contributed by atoms with Crippen molar-refractivity contribution in [2.75, 3.05) is 18.6 Å². The summed E-state index contributed by atoms with van der Waals surface area (Å²) in [4.78, 5) is 24.8. The average molecular weight is 371 g/mol. The fraction of sp³-hybridized carbons (Fsp3) is 0.556. The van der Waals surface area contributed by atoms with Gasteiger partial charge in [-0.3, -0.25) is 9.59 Å². The number of nitrogens with one attached hydrogen (secondary N) is 2. The molecule has 0 heterocycles. The van der Waals surface area contributed by atoms with Gasteiger partial charge in [-0.05, 0) is 42.4 Å². The molecule has 1 rings (SSSR count). The van der Waals surface area contributed by atoms with Crippen LogP contribution in [0.25, 0.3) is 0 Å². The third-order valence-electron chi connectivity index (χ3n) is 3.53. The molecule has 0 saturated heterocycles. The number of benzene rings is 1. The molecule has 0 aliphatic rings. The van der Waals surface area contributed by atoms with Crippen LogP contribution in [0, 0.1) is 5.41 Å². The van der Waals surface area contributed by atoms with E-state index >= 15 is 0 Å². The Bertz CT molecular complexity index is 558. The summed E-state index contributed by atoms with van der Waals surface area (Å²) in [5.74, 6) is 0.326. The molecule has 0 aromatic heterocycles. The molecular formula is C18H27ClN2O2S. The monoisotopic (exact) mass is 370 g/mol. The first-order valence-electron chi connectivity index (χ1n) is 8.06. The molecule has 24 heavy (non-hydrogen) atoms. The lowest BCUT2D eigenvalue weighted by Crippen LogP contribution is -2.47. The Hall–Kier alpha value is -1.20. The molecule has 0 bridgehead atoms. The van der Waals surface area contributed by atoms with Gasteiger partial charge in [0.15, 0.2) is 0 Å². The molecular weight excluding hydrogens is 344 g/mol. The minimum Gasteiger partial charge on any atom is -0.354 e. The second kappa shape index (κ2) is 9.94. The summed E-state index contributed by atoms with van der Waals surface area (Å²) in [6, 6.07) is 6.28. The van der Waals surface area contributed by atoms with Crippen molar-refractivity contribution in [3.05, 3.63) is 34.9 Å². The summed E-state index contributed by atoms with van der Waals surface area (Å²) in [6.45, 7) is 6.98. The number of carbonyl (C=O) groups is 2. The van der Waals surface area contributed by atoms with E-state index < -0.39 is 6.04 Å². The van der Waals surface area contributed by atoms with Crippen LogP contribution in [0.3, 0.4) is 0 Å². The van der Waals surface area contributed by atoms with Crippen LogP contribution in [0.4, 0.5) is 0 Å². The molecule has 0 aliphatic heterocycles. The lowest BCUT2D eigenvalue weighted by Gasteiger charge is -2.21. The molecule has 1 aromatic carbocycles. The van der Waals surface area contributed by atoms with Crippen molar-refractivity contribution in [3.63, 3.8) is 0 Å². The predicted octanol–water partition coefficient (Wildman–Crippen LogP) is 3.74. The zero-order valence-electron chi connectivity index (χ0n) is 14.8. The molecule has 134 valence electrons. The molecule has 1 unspecified atom stereocenters. The highest BCUT2D eigenvalue weighted by atomic mass is 35.5. The summed E-state index contributed by atoms with van der Waals surface area (Å²) >= 11 is 7.70. The number of rotatable bonds is 8. The van der Waals surface area contributed by atoms with E-state index in [9.17, 15) is 9.59 Å². The van der Waals surface area contributed by atoms with Crippen molar-refractivity contribution < 1.29 is 9.59 Å². The Balaban J connectivity index is 2.69. The highest BCUT2D eigenvalue weighted by Crippen LogP contribution is 2.17. The quantitative estimate of drug-likeness (QED) is 0.732. The van der Waals surface area contributed by atoms with E-state index in [1.54, 1.807) is 36.0 Å². The van der Waals surface area contributed by atoms with E-state index in [0.717, 1.165) is 12.2 Å². The minimum absolute atomic E-state index is 0.145. The standard InChI is InChI=1S/C18H27ClN2O2S/c1-18(2,3)10-11-20-17(23)15(9-12-24-4)21-16(22)13-7-5-6-8-14(13)19/h5-8,15H,9-12H2,1-4H3,(H,20,23)(H,21,22). The molecule has 0 spiro atoms. The van der Waals surface area contributed by atoms with E-state index in [1.807, 2.05) is 6.26 Å². The van der Waals surface area contributed by atoms with Crippen LogP contribution in [0.15, 0.2) is 24.3 Å². The topological polar surface area (TPSA) is 58.2 Å². The smallest absolute Gasteiger partial charge is 0.253 e. The largest absolute Gasteiger partial charge is 0.354 e. The molecule has 0 saturated carbocycles. The predicted molar refractivity (Wildman–Crippen MR) is 103 cm³/mol. The number of amides is 2. The van der Waals surface area contributed by atoms with Gasteiger partial charge >= 0.3 is 0 Å². The summed E-state index contributed by atoms with van der Waals surface area (Å²) < 4.78 is 0. The number of carbonyl (C=O) groups excluding carboxylic acids is 2. The van der Waals surface area contributed by atoms with Crippen molar-refractivity contribution in [1.29, 1.82) is 0 Å². The average Bonchev–Trinajstić information content (AvgIpc) is 2.50.